The van der Waals surface area contributed by atoms with Crippen LogP contribution in [0, 0.1) is 0 Å². The minimum Gasteiger partial charge on any atom is -0.388 e. The van der Waals surface area contributed by atoms with Gasteiger partial charge in [-0.3, -0.25) is 9.97 Å². The van der Waals surface area contributed by atoms with Crippen LogP contribution in [0.5, 0.6) is 0 Å². The number of aliphatic hydroxyl groups excluding tert-OH is 1. The number of nitrogens with zero attached hydrogens (tertiary/aromatic N) is 3. The summed E-state index contributed by atoms with van der Waals surface area (Å²) in [6.45, 7) is 0. The molecule has 0 spiro atoms. The van der Waals surface area contributed by atoms with Crippen molar-refractivity contribution in [3.63, 3.8) is 0 Å². The second kappa shape index (κ2) is 5.22. The molecule has 0 radical (unpaired) electrons. The van der Waals surface area contributed by atoms with E-state index in [0.717, 1.165) is 22.2 Å². The van der Waals surface area contributed by atoms with Crippen LogP contribution >= 0.6 is 0 Å². The predicted octanol–water partition coefficient (Wildman–Crippen LogP) is 1.88. The Kier molecular flexibility index (Phi) is 3.26. The Hall–Kier alpha value is -2.53. The van der Waals surface area contributed by atoms with E-state index in [9.17, 15) is 5.11 Å². The molecule has 3 rings (SSSR count). The van der Waals surface area contributed by atoms with E-state index in [4.69, 9.17) is 5.73 Å². The minimum absolute atomic E-state index is 0.457. The molecule has 5 nitrogen and oxygen atoms in total. The summed E-state index contributed by atoms with van der Waals surface area (Å²) in [5.41, 5.74) is 8.99. The van der Waals surface area contributed by atoms with Gasteiger partial charge in [0.05, 0.1) is 17.1 Å². The Morgan fingerprint density at radius 2 is 1.75 bits per heavy atom. The molecule has 3 aromatic rings. The third-order valence-corrected chi connectivity index (χ3v) is 3.15. The molecule has 0 amide bonds. The number of nitrogen functional groups attached to an aromatic ring is 1. The van der Waals surface area contributed by atoms with E-state index >= 15 is 0 Å². The lowest BCUT2D eigenvalue weighted by atomic mass is 10.0. The van der Waals surface area contributed by atoms with Crippen molar-refractivity contribution in [3.8, 4) is 0 Å². The van der Waals surface area contributed by atoms with Crippen LogP contribution in [0.15, 0.2) is 48.9 Å². The maximum atomic E-state index is 10.3. The van der Waals surface area contributed by atoms with Gasteiger partial charge >= 0.3 is 0 Å². The molecule has 0 saturated heterocycles. The van der Waals surface area contributed by atoms with Crippen molar-refractivity contribution in [2.75, 3.05) is 5.73 Å². The van der Waals surface area contributed by atoms with Crippen LogP contribution in [-0.4, -0.2) is 20.1 Å². The minimum atomic E-state index is -0.608. The average molecular weight is 266 g/mol. The van der Waals surface area contributed by atoms with E-state index in [1.165, 1.54) is 0 Å². The van der Waals surface area contributed by atoms with Gasteiger partial charge in [-0.25, -0.2) is 4.98 Å². The van der Waals surface area contributed by atoms with Gasteiger partial charge in [0.15, 0.2) is 0 Å². The molecule has 1 unspecified atom stereocenters. The molecule has 1 aromatic carbocycles. The Bertz CT molecular complexity index is 745. The van der Waals surface area contributed by atoms with Crippen molar-refractivity contribution in [3.05, 3.63) is 60.0 Å². The van der Waals surface area contributed by atoms with Gasteiger partial charge in [-0.2, -0.15) is 0 Å². The van der Waals surface area contributed by atoms with Crippen molar-refractivity contribution < 1.29 is 5.11 Å². The zero-order chi connectivity index (χ0) is 13.9. The van der Waals surface area contributed by atoms with Crippen molar-refractivity contribution >= 4 is 16.9 Å². The lowest BCUT2D eigenvalue weighted by Crippen LogP contribution is -2.03. The lowest BCUT2D eigenvalue weighted by Gasteiger charge is -2.11. The van der Waals surface area contributed by atoms with E-state index in [1.54, 1.807) is 24.7 Å². The first kappa shape index (κ1) is 12.5. The maximum Gasteiger partial charge on any atom is 0.123 e. The van der Waals surface area contributed by atoms with Crippen molar-refractivity contribution in [1.29, 1.82) is 0 Å². The number of anilines is 1. The molecule has 5 heteroatoms. The van der Waals surface area contributed by atoms with E-state index < -0.39 is 6.10 Å². The Morgan fingerprint density at radius 3 is 2.55 bits per heavy atom. The molecule has 0 aliphatic rings. The smallest absolute Gasteiger partial charge is 0.123 e. The highest BCUT2D eigenvalue weighted by molar-refractivity contribution is 5.74. The summed E-state index contributed by atoms with van der Waals surface area (Å²) in [4.78, 5) is 12.4. The third-order valence-electron chi connectivity index (χ3n) is 3.15. The fourth-order valence-corrected chi connectivity index (χ4v) is 2.15. The second-order valence-electron chi connectivity index (χ2n) is 4.61. The van der Waals surface area contributed by atoms with E-state index in [0.29, 0.717) is 12.2 Å². The highest BCUT2D eigenvalue weighted by Gasteiger charge is 2.10. The molecule has 0 bridgehead atoms. The van der Waals surface area contributed by atoms with Gasteiger partial charge in [0.2, 0.25) is 0 Å². The standard InChI is InChI=1S/C15H14N4O/c16-15-8-10(3-4-19-15)7-14(20)11-1-2-12-13(9-11)18-6-5-17-12/h1-6,8-9,14,20H,7H2,(H2,16,19). The third kappa shape index (κ3) is 2.57. The Morgan fingerprint density at radius 1 is 0.950 bits per heavy atom. The predicted molar refractivity (Wildman–Crippen MR) is 76.9 cm³/mol. The van der Waals surface area contributed by atoms with Crippen LogP contribution in [0.3, 0.4) is 0 Å². The van der Waals surface area contributed by atoms with Crippen LogP contribution in [0.1, 0.15) is 17.2 Å². The number of hydrogen-bond acceptors (Lipinski definition) is 5. The summed E-state index contributed by atoms with van der Waals surface area (Å²) in [7, 11) is 0. The lowest BCUT2D eigenvalue weighted by molar-refractivity contribution is 0.178. The Balaban J connectivity index is 1.86. The number of rotatable bonds is 3. The topological polar surface area (TPSA) is 84.9 Å². The van der Waals surface area contributed by atoms with Crippen LogP contribution < -0.4 is 5.73 Å². The van der Waals surface area contributed by atoms with Gasteiger partial charge in [-0.05, 0) is 35.4 Å². The molecule has 20 heavy (non-hydrogen) atoms. The summed E-state index contributed by atoms with van der Waals surface area (Å²) in [6, 6.07) is 9.20. The molecule has 0 fully saturated rings. The van der Waals surface area contributed by atoms with Gasteiger partial charge in [0.1, 0.15) is 5.82 Å². The molecule has 0 saturated carbocycles. The quantitative estimate of drug-likeness (QED) is 0.756. The molecule has 2 aromatic heterocycles. The summed E-state index contributed by atoms with van der Waals surface area (Å²) in [5, 5.41) is 10.3. The van der Waals surface area contributed by atoms with Crippen LogP contribution in [0.2, 0.25) is 0 Å². The van der Waals surface area contributed by atoms with Gasteiger partial charge in [0, 0.05) is 25.0 Å². The van der Waals surface area contributed by atoms with Crippen molar-refractivity contribution in [2.45, 2.75) is 12.5 Å². The fourth-order valence-electron chi connectivity index (χ4n) is 2.15. The van der Waals surface area contributed by atoms with Crippen molar-refractivity contribution in [1.82, 2.24) is 15.0 Å². The van der Waals surface area contributed by atoms with E-state index in [1.807, 2.05) is 24.3 Å². The zero-order valence-corrected chi connectivity index (χ0v) is 10.8. The summed E-state index contributed by atoms with van der Waals surface area (Å²) in [6.07, 6.45) is 4.81. The molecule has 3 N–H and O–H groups in total. The van der Waals surface area contributed by atoms with Crippen LogP contribution in [0.4, 0.5) is 5.82 Å². The molecule has 2 heterocycles. The van der Waals surface area contributed by atoms with E-state index in [-0.39, 0.29) is 0 Å². The van der Waals surface area contributed by atoms with Gasteiger partial charge in [-0.15, -0.1) is 0 Å². The number of hydrogen-bond donors (Lipinski definition) is 2. The first-order chi connectivity index (χ1) is 9.72. The summed E-state index contributed by atoms with van der Waals surface area (Å²) < 4.78 is 0. The molecule has 0 aliphatic heterocycles. The zero-order valence-electron chi connectivity index (χ0n) is 10.8. The number of pyridine rings is 1. The summed E-state index contributed by atoms with van der Waals surface area (Å²) in [5.74, 6) is 0.457. The first-order valence-electron chi connectivity index (χ1n) is 6.31. The number of benzene rings is 1. The van der Waals surface area contributed by atoms with Crippen molar-refractivity contribution in [2.24, 2.45) is 0 Å². The van der Waals surface area contributed by atoms with Gasteiger partial charge in [-0.1, -0.05) is 6.07 Å². The maximum absolute atomic E-state index is 10.3. The molecular weight excluding hydrogens is 252 g/mol. The van der Waals surface area contributed by atoms with Crippen LogP contribution in [0.25, 0.3) is 11.0 Å². The summed E-state index contributed by atoms with van der Waals surface area (Å²) >= 11 is 0. The molecule has 0 aliphatic carbocycles. The normalized spacial score (nSPS) is 12.4. The molecular formula is C15H14N4O. The second-order valence-corrected chi connectivity index (χ2v) is 4.61. The first-order valence-corrected chi connectivity index (χ1v) is 6.31. The Labute approximate surface area is 116 Å². The van der Waals surface area contributed by atoms with Gasteiger partial charge < -0.3 is 10.8 Å². The monoisotopic (exact) mass is 266 g/mol. The van der Waals surface area contributed by atoms with E-state index in [2.05, 4.69) is 15.0 Å². The fraction of sp³-hybridized carbons (Fsp3) is 0.133. The number of aromatic nitrogens is 3. The molecule has 1 atom stereocenters. The largest absolute Gasteiger partial charge is 0.388 e. The number of nitrogens with two attached hydrogens (primary N) is 1. The van der Waals surface area contributed by atoms with Crippen LogP contribution in [-0.2, 0) is 6.42 Å². The number of aliphatic hydroxyl groups is 1. The molecule has 100 valence electrons. The average Bonchev–Trinajstić information content (AvgIpc) is 2.47. The SMILES string of the molecule is Nc1cc(CC(O)c2ccc3nccnc3c2)ccn1. The van der Waals surface area contributed by atoms with Gasteiger partial charge in [0.25, 0.3) is 0 Å². The highest BCUT2D eigenvalue weighted by Crippen LogP contribution is 2.21. The number of fused-ring (bicyclic) bond motifs is 1. The highest BCUT2D eigenvalue weighted by atomic mass is 16.3.